The fraction of sp³-hybridized carbons (Fsp3) is 0.500. The molecule has 1 fully saturated rings. The van der Waals surface area contributed by atoms with E-state index in [0.29, 0.717) is 23.6 Å². The summed E-state index contributed by atoms with van der Waals surface area (Å²) in [6.07, 6.45) is 7.19. The minimum atomic E-state index is -3.19. The van der Waals surface area contributed by atoms with Gasteiger partial charge in [0, 0.05) is 23.4 Å². The molecule has 1 aliphatic carbocycles. The van der Waals surface area contributed by atoms with Crippen molar-refractivity contribution >= 4 is 29.2 Å². The molecule has 2 unspecified atom stereocenters. The van der Waals surface area contributed by atoms with Crippen LogP contribution in [0, 0.1) is 5.92 Å². The van der Waals surface area contributed by atoms with E-state index in [1.807, 2.05) is 0 Å². The number of alkyl halides is 2. The van der Waals surface area contributed by atoms with Crippen LogP contribution in [0.3, 0.4) is 0 Å². The molecule has 236 valence electrons. The first-order valence-corrected chi connectivity index (χ1v) is 14.8. The van der Waals surface area contributed by atoms with Gasteiger partial charge in [0.25, 0.3) is 0 Å². The molecule has 0 radical (unpaired) electrons. The number of rotatable bonds is 12. The molecule has 43 heavy (non-hydrogen) atoms. The van der Waals surface area contributed by atoms with Gasteiger partial charge in [0.15, 0.2) is 17.3 Å². The summed E-state index contributed by atoms with van der Waals surface area (Å²) in [4.78, 5) is 16.4. The number of hydrogen-bond donors (Lipinski definition) is 1. The molecule has 0 spiro atoms. The van der Waals surface area contributed by atoms with Gasteiger partial charge in [0.2, 0.25) is 0 Å². The van der Waals surface area contributed by atoms with E-state index in [2.05, 4.69) is 4.90 Å². The normalized spacial score (nSPS) is 23.0. The Kier molecular flexibility index (Phi) is 11.2. The van der Waals surface area contributed by atoms with Gasteiger partial charge < -0.3 is 23.7 Å². The maximum absolute atomic E-state index is 14.2. The maximum Gasteiger partial charge on any atom is 0.387 e. The minimum Gasteiger partial charge on any atom is -0.493 e. The SMILES string of the molecule is CCOC(=O)C1(c2ccc(OC)c(OC)c2)C=CC(OC(F)F)=C(OCCN2CCCCC2)C1C1=C(Cl)CN(O)C=C1Cl. The van der Waals surface area contributed by atoms with Gasteiger partial charge in [-0.1, -0.05) is 41.8 Å². The Labute approximate surface area is 259 Å². The van der Waals surface area contributed by atoms with Crippen LogP contribution >= 0.6 is 23.2 Å². The van der Waals surface area contributed by atoms with Crippen LogP contribution in [0.1, 0.15) is 31.7 Å². The van der Waals surface area contributed by atoms with E-state index in [1.165, 1.54) is 32.6 Å². The van der Waals surface area contributed by atoms with Crippen molar-refractivity contribution in [3.63, 3.8) is 0 Å². The Hall–Kier alpha value is -2.99. The third-order valence-electron chi connectivity index (χ3n) is 7.66. The lowest BCUT2D eigenvalue weighted by atomic mass is 9.63. The van der Waals surface area contributed by atoms with E-state index >= 15 is 0 Å². The second-order valence-electron chi connectivity index (χ2n) is 10.2. The second kappa shape index (κ2) is 14.7. The number of nitrogens with zero attached hydrogens (tertiary/aromatic N) is 2. The Bertz CT molecular complexity index is 1300. The first kappa shape index (κ1) is 32.9. The van der Waals surface area contributed by atoms with Crippen molar-refractivity contribution in [1.29, 1.82) is 0 Å². The van der Waals surface area contributed by atoms with Gasteiger partial charge in [-0.2, -0.15) is 8.78 Å². The van der Waals surface area contributed by atoms with Crippen molar-refractivity contribution in [2.24, 2.45) is 5.92 Å². The molecule has 1 N–H and O–H groups in total. The van der Waals surface area contributed by atoms with Crippen molar-refractivity contribution < 1.29 is 42.5 Å². The molecule has 4 rings (SSSR count). The first-order valence-electron chi connectivity index (χ1n) is 14.0. The van der Waals surface area contributed by atoms with Crippen LogP contribution in [-0.4, -0.2) is 81.4 Å². The van der Waals surface area contributed by atoms with E-state index in [9.17, 15) is 18.8 Å². The Morgan fingerprint density at radius 3 is 2.49 bits per heavy atom. The van der Waals surface area contributed by atoms with Crippen molar-refractivity contribution in [3.05, 3.63) is 69.3 Å². The summed E-state index contributed by atoms with van der Waals surface area (Å²) in [6.45, 7) is 0.721. The van der Waals surface area contributed by atoms with Gasteiger partial charge in [-0.3, -0.25) is 20.0 Å². The van der Waals surface area contributed by atoms with Crippen molar-refractivity contribution in [2.75, 3.05) is 53.6 Å². The molecule has 1 aromatic rings. The summed E-state index contributed by atoms with van der Waals surface area (Å²) in [5.41, 5.74) is -1.19. The van der Waals surface area contributed by atoms with E-state index < -0.39 is 23.9 Å². The molecule has 1 saturated heterocycles. The molecule has 2 aliphatic heterocycles. The van der Waals surface area contributed by atoms with E-state index in [1.54, 1.807) is 25.1 Å². The average molecular weight is 646 g/mol. The Balaban J connectivity index is 1.95. The summed E-state index contributed by atoms with van der Waals surface area (Å²) in [5, 5.41) is 11.0. The molecule has 3 aliphatic rings. The number of hydrogen-bond acceptors (Lipinski definition) is 9. The van der Waals surface area contributed by atoms with Gasteiger partial charge in [0.05, 0.1) is 38.3 Å². The number of ether oxygens (including phenoxy) is 5. The number of allylic oxidation sites excluding steroid dienone is 3. The summed E-state index contributed by atoms with van der Waals surface area (Å²) in [5.74, 6) is -1.60. The molecule has 13 heteroatoms. The van der Waals surface area contributed by atoms with Crippen molar-refractivity contribution in [3.8, 4) is 11.5 Å². The molecule has 0 bridgehead atoms. The number of methoxy groups -OCH3 is 2. The quantitative estimate of drug-likeness (QED) is 0.278. The zero-order valence-electron chi connectivity index (χ0n) is 24.3. The van der Waals surface area contributed by atoms with Gasteiger partial charge in [-0.15, -0.1) is 0 Å². The second-order valence-corrected chi connectivity index (χ2v) is 11.0. The number of likely N-dealkylation sites (tertiary alicyclic amines) is 1. The number of halogens is 4. The third kappa shape index (κ3) is 7.06. The highest BCUT2D eigenvalue weighted by Crippen LogP contribution is 2.53. The van der Waals surface area contributed by atoms with Crippen LogP contribution in [0.4, 0.5) is 8.78 Å². The average Bonchev–Trinajstić information content (AvgIpc) is 2.98. The van der Waals surface area contributed by atoms with E-state index in [4.69, 9.17) is 46.9 Å². The van der Waals surface area contributed by atoms with Gasteiger partial charge >= 0.3 is 12.6 Å². The van der Waals surface area contributed by atoms with Crippen LogP contribution < -0.4 is 9.47 Å². The van der Waals surface area contributed by atoms with Gasteiger partial charge in [0.1, 0.15) is 17.8 Å². The van der Waals surface area contributed by atoms with E-state index in [-0.39, 0.29) is 46.9 Å². The lowest BCUT2D eigenvalue weighted by Crippen LogP contribution is -2.48. The van der Waals surface area contributed by atoms with Crippen LogP contribution in [0.5, 0.6) is 11.5 Å². The highest BCUT2D eigenvalue weighted by molar-refractivity contribution is 6.36. The topological polar surface area (TPSA) is 89.9 Å². The molecule has 2 heterocycles. The van der Waals surface area contributed by atoms with Crippen LogP contribution in [0.15, 0.2) is 63.7 Å². The van der Waals surface area contributed by atoms with Crippen LogP contribution in [-0.2, 0) is 24.4 Å². The zero-order valence-corrected chi connectivity index (χ0v) is 25.8. The predicted octanol–water partition coefficient (Wildman–Crippen LogP) is 5.92. The molecular weight excluding hydrogens is 609 g/mol. The number of carbonyl (C=O) groups is 1. The molecular formula is C30H36Cl2F2N2O7. The van der Waals surface area contributed by atoms with Gasteiger partial charge in [-0.05, 0) is 56.6 Å². The molecule has 2 atom stereocenters. The third-order valence-corrected chi connectivity index (χ3v) is 8.29. The van der Waals surface area contributed by atoms with E-state index in [0.717, 1.165) is 37.4 Å². The largest absolute Gasteiger partial charge is 0.493 e. The molecule has 0 saturated carbocycles. The number of esters is 1. The van der Waals surface area contributed by atoms with Gasteiger partial charge in [-0.25, -0.2) is 0 Å². The van der Waals surface area contributed by atoms with Crippen molar-refractivity contribution in [1.82, 2.24) is 9.96 Å². The predicted molar refractivity (Wildman–Crippen MR) is 156 cm³/mol. The maximum atomic E-state index is 14.2. The Morgan fingerprint density at radius 2 is 1.86 bits per heavy atom. The molecule has 1 aromatic carbocycles. The number of piperidine rings is 1. The summed E-state index contributed by atoms with van der Waals surface area (Å²) in [7, 11) is 2.93. The summed E-state index contributed by atoms with van der Waals surface area (Å²) in [6, 6.07) is 4.87. The van der Waals surface area contributed by atoms with Crippen molar-refractivity contribution in [2.45, 2.75) is 38.2 Å². The number of hydroxylamine groups is 2. The summed E-state index contributed by atoms with van der Waals surface area (Å²) < 4.78 is 55.3. The lowest BCUT2D eigenvalue weighted by Gasteiger charge is -2.43. The van der Waals surface area contributed by atoms with Crippen LogP contribution in [0.25, 0.3) is 0 Å². The molecule has 0 amide bonds. The molecule has 0 aromatic heterocycles. The number of benzene rings is 1. The fourth-order valence-corrected chi connectivity index (χ4v) is 6.43. The standard InChI is InChI=1S/C30H36Cl2F2N2O7/c1-4-41-28(37)30(19-8-9-22(39-2)24(16-19)40-3)11-10-23(43-29(33)34)27(42-15-14-35-12-6-5-7-13-35)26(30)25-20(31)17-36(38)18-21(25)32/h8-11,16-17,26,29,38H,4-7,12-15,18H2,1-3H3. The number of carbonyl (C=O) groups excluding carboxylic acids is 1. The smallest absolute Gasteiger partial charge is 0.387 e. The monoisotopic (exact) mass is 644 g/mol. The Morgan fingerprint density at radius 1 is 1.14 bits per heavy atom. The highest BCUT2D eigenvalue weighted by atomic mass is 35.5. The fourth-order valence-electron chi connectivity index (χ4n) is 5.72. The lowest BCUT2D eigenvalue weighted by molar-refractivity contribution is -0.150. The minimum absolute atomic E-state index is 0.0183. The zero-order chi connectivity index (χ0) is 31.1. The first-order chi connectivity index (χ1) is 20.7. The summed E-state index contributed by atoms with van der Waals surface area (Å²) >= 11 is 13.4. The highest BCUT2D eigenvalue weighted by Gasteiger charge is 2.55. The van der Waals surface area contributed by atoms with Crippen LogP contribution in [0.2, 0.25) is 0 Å². The molecule has 9 nitrogen and oxygen atoms in total.